The van der Waals surface area contributed by atoms with Gasteiger partial charge >= 0.3 is 12.0 Å². The van der Waals surface area contributed by atoms with Crippen molar-refractivity contribution in [3.8, 4) is 0 Å². The molecule has 5 nitrogen and oxygen atoms in total. The number of anilines is 1. The Morgan fingerprint density at radius 2 is 2.17 bits per heavy atom. The second-order valence-electron chi connectivity index (χ2n) is 4.21. The van der Waals surface area contributed by atoms with Crippen molar-refractivity contribution in [2.45, 2.75) is 18.9 Å². The summed E-state index contributed by atoms with van der Waals surface area (Å²) in [6, 6.07) is 9.36. The zero-order chi connectivity index (χ0) is 13.0. The monoisotopic (exact) mass is 248 g/mol. The van der Waals surface area contributed by atoms with Crippen LogP contribution in [0.25, 0.3) is 0 Å². The van der Waals surface area contributed by atoms with Crippen molar-refractivity contribution in [3.05, 3.63) is 30.3 Å². The van der Waals surface area contributed by atoms with Crippen LogP contribution < -0.4 is 10.2 Å². The number of ether oxygens (including phenoxy) is 1. The normalized spacial score (nSPS) is 18.6. The second kappa shape index (κ2) is 5.53. The molecule has 2 rings (SSSR count). The van der Waals surface area contributed by atoms with Gasteiger partial charge in [-0.3, -0.25) is 9.69 Å². The number of methoxy groups -OCH3 is 1. The molecule has 1 heterocycles. The standard InChI is InChI=1S/C13H16N2O3/c1-18-12(16)8-7-10-9-15(13(17)14-10)11-5-3-2-4-6-11/h2-6,10H,7-9H2,1H3,(H,14,17). The summed E-state index contributed by atoms with van der Waals surface area (Å²) in [5, 5.41) is 2.86. The average molecular weight is 248 g/mol. The number of hydrogen-bond donors (Lipinski definition) is 1. The van der Waals surface area contributed by atoms with Crippen LogP contribution in [0, 0.1) is 0 Å². The summed E-state index contributed by atoms with van der Waals surface area (Å²) >= 11 is 0. The Kier molecular flexibility index (Phi) is 3.82. The van der Waals surface area contributed by atoms with E-state index in [0.29, 0.717) is 19.4 Å². The van der Waals surface area contributed by atoms with E-state index in [2.05, 4.69) is 10.1 Å². The van der Waals surface area contributed by atoms with E-state index >= 15 is 0 Å². The number of nitrogens with zero attached hydrogens (tertiary/aromatic N) is 1. The molecule has 1 atom stereocenters. The Balaban J connectivity index is 1.93. The SMILES string of the molecule is COC(=O)CCC1CN(c2ccccc2)C(=O)N1. The third-order valence-corrected chi connectivity index (χ3v) is 2.97. The van der Waals surface area contributed by atoms with E-state index in [4.69, 9.17) is 0 Å². The number of rotatable bonds is 4. The van der Waals surface area contributed by atoms with Gasteiger partial charge in [0.1, 0.15) is 0 Å². The third kappa shape index (κ3) is 2.80. The van der Waals surface area contributed by atoms with E-state index in [9.17, 15) is 9.59 Å². The Morgan fingerprint density at radius 3 is 2.83 bits per heavy atom. The molecular weight excluding hydrogens is 232 g/mol. The number of para-hydroxylation sites is 1. The molecule has 1 N–H and O–H groups in total. The molecule has 96 valence electrons. The zero-order valence-electron chi connectivity index (χ0n) is 10.3. The summed E-state index contributed by atoms with van der Waals surface area (Å²) in [5.41, 5.74) is 0.871. The Hall–Kier alpha value is -2.04. The number of amides is 2. The predicted molar refractivity (Wildman–Crippen MR) is 67.4 cm³/mol. The highest BCUT2D eigenvalue weighted by Crippen LogP contribution is 2.19. The van der Waals surface area contributed by atoms with E-state index in [0.717, 1.165) is 5.69 Å². The van der Waals surface area contributed by atoms with Crippen LogP contribution in [-0.2, 0) is 9.53 Å². The lowest BCUT2D eigenvalue weighted by molar-refractivity contribution is -0.140. The smallest absolute Gasteiger partial charge is 0.322 e. The van der Waals surface area contributed by atoms with Gasteiger partial charge in [-0.05, 0) is 18.6 Å². The average Bonchev–Trinajstić information content (AvgIpc) is 2.78. The predicted octanol–water partition coefficient (Wildman–Crippen LogP) is 1.54. The molecule has 0 saturated carbocycles. The second-order valence-corrected chi connectivity index (χ2v) is 4.21. The fraction of sp³-hybridized carbons (Fsp3) is 0.385. The third-order valence-electron chi connectivity index (χ3n) is 2.97. The van der Waals surface area contributed by atoms with Crippen LogP contribution in [0.15, 0.2) is 30.3 Å². The van der Waals surface area contributed by atoms with Crippen molar-refractivity contribution in [1.29, 1.82) is 0 Å². The van der Waals surface area contributed by atoms with Gasteiger partial charge in [0, 0.05) is 24.7 Å². The van der Waals surface area contributed by atoms with Crippen LogP contribution in [0.2, 0.25) is 0 Å². The summed E-state index contributed by atoms with van der Waals surface area (Å²) in [6.45, 7) is 0.583. The van der Waals surface area contributed by atoms with E-state index in [-0.39, 0.29) is 18.0 Å². The maximum absolute atomic E-state index is 11.8. The van der Waals surface area contributed by atoms with Gasteiger partial charge in [0.25, 0.3) is 0 Å². The van der Waals surface area contributed by atoms with E-state index < -0.39 is 0 Å². The fourth-order valence-electron chi connectivity index (χ4n) is 1.99. The lowest BCUT2D eigenvalue weighted by atomic mass is 10.1. The minimum atomic E-state index is -0.248. The van der Waals surface area contributed by atoms with Crippen molar-refractivity contribution >= 4 is 17.7 Å². The van der Waals surface area contributed by atoms with Crippen molar-refractivity contribution < 1.29 is 14.3 Å². The van der Waals surface area contributed by atoms with Crippen molar-refractivity contribution in [2.75, 3.05) is 18.6 Å². The highest BCUT2D eigenvalue weighted by Gasteiger charge is 2.29. The number of carbonyl (C=O) groups excluding carboxylic acids is 2. The van der Waals surface area contributed by atoms with Crippen LogP contribution in [0.5, 0.6) is 0 Å². The van der Waals surface area contributed by atoms with Crippen molar-refractivity contribution in [1.82, 2.24) is 5.32 Å². The summed E-state index contributed by atoms with van der Waals surface area (Å²) in [4.78, 5) is 24.5. The molecular formula is C13H16N2O3. The molecule has 0 bridgehead atoms. The highest BCUT2D eigenvalue weighted by atomic mass is 16.5. The van der Waals surface area contributed by atoms with E-state index in [1.807, 2.05) is 30.3 Å². The Bertz CT molecular complexity index is 433. The first-order chi connectivity index (χ1) is 8.70. The van der Waals surface area contributed by atoms with Crippen LogP contribution in [0.3, 0.4) is 0 Å². The molecule has 5 heteroatoms. The number of hydrogen-bond acceptors (Lipinski definition) is 3. The first kappa shape index (κ1) is 12.4. The number of carbonyl (C=O) groups is 2. The molecule has 0 aliphatic carbocycles. The lowest BCUT2D eigenvalue weighted by Gasteiger charge is -2.14. The van der Waals surface area contributed by atoms with Crippen molar-refractivity contribution in [2.24, 2.45) is 0 Å². The molecule has 1 unspecified atom stereocenters. The van der Waals surface area contributed by atoms with Crippen molar-refractivity contribution in [3.63, 3.8) is 0 Å². The Morgan fingerprint density at radius 1 is 1.44 bits per heavy atom. The summed E-state index contributed by atoms with van der Waals surface area (Å²) in [5.74, 6) is -0.248. The van der Waals surface area contributed by atoms with E-state index in [1.165, 1.54) is 7.11 Å². The number of benzene rings is 1. The van der Waals surface area contributed by atoms with Gasteiger partial charge in [-0.2, -0.15) is 0 Å². The topological polar surface area (TPSA) is 58.6 Å². The lowest BCUT2D eigenvalue weighted by Crippen LogP contribution is -2.28. The minimum Gasteiger partial charge on any atom is -0.469 e. The fourth-order valence-corrected chi connectivity index (χ4v) is 1.99. The summed E-state index contributed by atoms with van der Waals surface area (Å²) in [6.07, 6.45) is 0.922. The molecule has 2 amide bonds. The molecule has 1 saturated heterocycles. The number of esters is 1. The molecule has 1 fully saturated rings. The quantitative estimate of drug-likeness (QED) is 0.822. The van der Waals surface area contributed by atoms with Gasteiger partial charge in [-0.25, -0.2) is 4.79 Å². The van der Waals surface area contributed by atoms with Gasteiger partial charge in [-0.15, -0.1) is 0 Å². The van der Waals surface area contributed by atoms with Crippen LogP contribution in [0.1, 0.15) is 12.8 Å². The molecule has 1 aromatic rings. The summed E-state index contributed by atoms with van der Waals surface area (Å²) in [7, 11) is 1.37. The first-order valence-electron chi connectivity index (χ1n) is 5.90. The molecule has 1 aliphatic rings. The van der Waals surface area contributed by atoms with Crippen LogP contribution in [-0.4, -0.2) is 31.7 Å². The highest BCUT2D eigenvalue weighted by molar-refractivity contribution is 5.94. The maximum Gasteiger partial charge on any atom is 0.322 e. The molecule has 0 spiro atoms. The number of nitrogens with one attached hydrogen (secondary N) is 1. The zero-order valence-corrected chi connectivity index (χ0v) is 10.3. The maximum atomic E-state index is 11.8. The molecule has 1 aliphatic heterocycles. The van der Waals surface area contributed by atoms with Gasteiger partial charge < -0.3 is 10.1 Å². The van der Waals surface area contributed by atoms with Gasteiger partial charge in [0.15, 0.2) is 0 Å². The van der Waals surface area contributed by atoms with Gasteiger partial charge in [-0.1, -0.05) is 18.2 Å². The van der Waals surface area contributed by atoms with Gasteiger partial charge in [0.05, 0.1) is 7.11 Å². The van der Waals surface area contributed by atoms with Crippen LogP contribution in [0.4, 0.5) is 10.5 Å². The molecule has 1 aromatic carbocycles. The van der Waals surface area contributed by atoms with Gasteiger partial charge in [0.2, 0.25) is 0 Å². The largest absolute Gasteiger partial charge is 0.469 e. The Labute approximate surface area is 106 Å². The van der Waals surface area contributed by atoms with E-state index in [1.54, 1.807) is 4.90 Å². The number of urea groups is 1. The molecule has 0 aromatic heterocycles. The molecule has 0 radical (unpaired) electrons. The molecule has 18 heavy (non-hydrogen) atoms. The van der Waals surface area contributed by atoms with Crippen LogP contribution >= 0.6 is 0 Å². The summed E-state index contributed by atoms with van der Waals surface area (Å²) < 4.78 is 4.58. The minimum absolute atomic E-state index is 0.00296. The first-order valence-corrected chi connectivity index (χ1v) is 5.90.